The molecule has 40 heavy (non-hydrogen) atoms. The Morgan fingerprint density at radius 2 is 1.50 bits per heavy atom. The maximum atomic E-state index is 13.9. The van der Waals surface area contributed by atoms with Crippen LogP contribution in [0.25, 0.3) is 0 Å². The molecule has 6 nitrogen and oxygen atoms in total. The molecule has 214 valence electrons. The molecule has 2 amide bonds. The van der Waals surface area contributed by atoms with Crippen LogP contribution < -0.4 is 14.8 Å². The van der Waals surface area contributed by atoms with Gasteiger partial charge in [-0.1, -0.05) is 74.0 Å². The van der Waals surface area contributed by atoms with Gasteiger partial charge in [0.05, 0.1) is 13.2 Å². The molecule has 0 aliphatic heterocycles. The van der Waals surface area contributed by atoms with Crippen molar-refractivity contribution < 1.29 is 19.1 Å². The van der Waals surface area contributed by atoms with Crippen LogP contribution in [0.2, 0.25) is 5.02 Å². The normalized spacial score (nSPS) is 11.7. The van der Waals surface area contributed by atoms with Crippen molar-refractivity contribution in [3.05, 3.63) is 94.5 Å². The molecule has 0 saturated heterocycles. The second kappa shape index (κ2) is 15.9. The van der Waals surface area contributed by atoms with Crippen LogP contribution in [-0.4, -0.2) is 42.5 Å². The summed E-state index contributed by atoms with van der Waals surface area (Å²) in [5.74, 6) is 1.40. The molecule has 0 aromatic heterocycles. The Kier molecular flexibility index (Phi) is 12.4. The summed E-state index contributed by atoms with van der Waals surface area (Å²) in [7, 11) is 0. The number of aryl methyl sites for hydroxylation is 1. The Balaban J connectivity index is 1.89. The Hall–Kier alpha value is -3.51. The number of hydrogen-bond donors (Lipinski definition) is 1. The van der Waals surface area contributed by atoms with Gasteiger partial charge in [-0.2, -0.15) is 0 Å². The third-order valence-electron chi connectivity index (χ3n) is 6.46. The SMILES string of the molecule is CCOc1ccc(CCC(=O)N(Cc2ccc(Cl)cc2)[C@@H](Cc2ccccc2)C(=O)NCC(C)C)cc1OCC. The van der Waals surface area contributed by atoms with Gasteiger partial charge in [0, 0.05) is 31.0 Å². The number of nitrogens with zero attached hydrogens (tertiary/aromatic N) is 1. The maximum absolute atomic E-state index is 13.9. The van der Waals surface area contributed by atoms with Gasteiger partial charge in [-0.25, -0.2) is 0 Å². The van der Waals surface area contributed by atoms with E-state index in [1.54, 1.807) is 17.0 Å². The molecule has 7 heteroatoms. The van der Waals surface area contributed by atoms with Crippen LogP contribution in [0.15, 0.2) is 72.8 Å². The summed E-state index contributed by atoms with van der Waals surface area (Å²) in [5.41, 5.74) is 2.87. The second-order valence-electron chi connectivity index (χ2n) is 10.1. The summed E-state index contributed by atoms with van der Waals surface area (Å²) >= 11 is 6.12. The Bertz CT molecular complexity index is 1210. The van der Waals surface area contributed by atoms with Crippen molar-refractivity contribution in [1.29, 1.82) is 0 Å². The first-order valence-corrected chi connectivity index (χ1v) is 14.4. The summed E-state index contributed by atoms with van der Waals surface area (Å²) < 4.78 is 11.5. The van der Waals surface area contributed by atoms with Crippen LogP contribution in [0.5, 0.6) is 11.5 Å². The molecule has 0 bridgehead atoms. The first-order valence-electron chi connectivity index (χ1n) is 14.0. The van der Waals surface area contributed by atoms with Crippen LogP contribution in [0.4, 0.5) is 0 Å². The van der Waals surface area contributed by atoms with Crippen LogP contribution in [0.3, 0.4) is 0 Å². The first-order chi connectivity index (χ1) is 19.3. The maximum Gasteiger partial charge on any atom is 0.243 e. The van der Waals surface area contributed by atoms with Crippen LogP contribution in [-0.2, 0) is 29.0 Å². The van der Waals surface area contributed by atoms with Crippen molar-refractivity contribution in [1.82, 2.24) is 10.2 Å². The molecule has 0 aliphatic carbocycles. The quantitative estimate of drug-likeness (QED) is 0.229. The average molecular weight is 565 g/mol. The number of carbonyl (C=O) groups excluding carboxylic acids is 2. The van der Waals surface area contributed by atoms with E-state index in [1.807, 2.05) is 74.5 Å². The van der Waals surface area contributed by atoms with E-state index in [1.165, 1.54) is 0 Å². The van der Waals surface area contributed by atoms with Crippen LogP contribution >= 0.6 is 11.6 Å². The highest BCUT2D eigenvalue weighted by atomic mass is 35.5. The van der Waals surface area contributed by atoms with Crippen LogP contribution in [0.1, 0.15) is 50.8 Å². The number of ether oxygens (including phenoxy) is 2. The number of benzene rings is 3. The van der Waals surface area contributed by atoms with E-state index in [4.69, 9.17) is 21.1 Å². The van der Waals surface area contributed by atoms with Crippen molar-refractivity contribution in [2.24, 2.45) is 5.92 Å². The summed E-state index contributed by atoms with van der Waals surface area (Å²) in [6.07, 6.45) is 1.17. The van der Waals surface area contributed by atoms with Gasteiger partial charge in [-0.3, -0.25) is 9.59 Å². The zero-order valence-corrected chi connectivity index (χ0v) is 24.7. The molecule has 0 radical (unpaired) electrons. The highest BCUT2D eigenvalue weighted by molar-refractivity contribution is 6.30. The van der Waals surface area contributed by atoms with E-state index in [9.17, 15) is 9.59 Å². The zero-order valence-electron chi connectivity index (χ0n) is 24.0. The fraction of sp³-hybridized carbons (Fsp3) is 0.394. The van der Waals surface area contributed by atoms with Gasteiger partial charge < -0.3 is 19.7 Å². The van der Waals surface area contributed by atoms with E-state index in [0.717, 1.165) is 16.7 Å². The molecule has 3 aromatic rings. The molecular weight excluding hydrogens is 524 g/mol. The number of rotatable bonds is 15. The predicted octanol–water partition coefficient (Wildman–Crippen LogP) is 6.48. The highest BCUT2D eigenvalue weighted by Crippen LogP contribution is 2.29. The molecule has 1 atom stereocenters. The van der Waals surface area contributed by atoms with E-state index in [-0.39, 0.29) is 18.2 Å². The van der Waals surface area contributed by atoms with Crippen molar-refractivity contribution in [3.63, 3.8) is 0 Å². The monoisotopic (exact) mass is 564 g/mol. The smallest absolute Gasteiger partial charge is 0.243 e. The minimum atomic E-state index is -0.663. The van der Waals surface area contributed by atoms with E-state index in [2.05, 4.69) is 19.2 Å². The lowest BCUT2D eigenvalue weighted by atomic mass is 10.0. The lowest BCUT2D eigenvalue weighted by Crippen LogP contribution is -2.51. The third kappa shape index (κ3) is 9.60. The largest absolute Gasteiger partial charge is 0.490 e. The fourth-order valence-electron chi connectivity index (χ4n) is 4.41. The number of amides is 2. The number of nitrogens with one attached hydrogen (secondary N) is 1. The molecule has 0 heterocycles. The first kappa shape index (κ1) is 31.0. The van der Waals surface area contributed by atoms with Crippen molar-refractivity contribution in [2.75, 3.05) is 19.8 Å². The van der Waals surface area contributed by atoms with E-state index < -0.39 is 6.04 Å². The Morgan fingerprint density at radius 3 is 2.15 bits per heavy atom. The summed E-state index contributed by atoms with van der Waals surface area (Å²) in [5, 5.41) is 3.68. The second-order valence-corrected chi connectivity index (χ2v) is 10.6. The summed E-state index contributed by atoms with van der Waals surface area (Å²) in [4.78, 5) is 29.2. The van der Waals surface area contributed by atoms with Crippen molar-refractivity contribution >= 4 is 23.4 Å². The van der Waals surface area contributed by atoms with E-state index >= 15 is 0 Å². The molecule has 0 unspecified atom stereocenters. The Labute approximate surface area is 243 Å². The van der Waals surface area contributed by atoms with Crippen molar-refractivity contribution in [3.8, 4) is 11.5 Å². The molecule has 0 spiro atoms. The van der Waals surface area contributed by atoms with Gasteiger partial charge in [0.2, 0.25) is 11.8 Å². The lowest BCUT2D eigenvalue weighted by Gasteiger charge is -2.32. The Morgan fingerprint density at radius 1 is 0.850 bits per heavy atom. The minimum absolute atomic E-state index is 0.0950. The molecular formula is C33H41ClN2O4. The van der Waals surface area contributed by atoms with Gasteiger partial charge in [0.1, 0.15) is 6.04 Å². The predicted molar refractivity (Wildman–Crippen MR) is 161 cm³/mol. The topological polar surface area (TPSA) is 67.9 Å². The van der Waals surface area contributed by atoms with Gasteiger partial charge in [0.25, 0.3) is 0 Å². The highest BCUT2D eigenvalue weighted by Gasteiger charge is 2.30. The standard InChI is InChI=1S/C33H41ClN2O4/c1-5-39-30-18-14-26(21-31(30)40-6-2)15-19-32(37)36(23-27-12-16-28(34)17-13-27)29(33(38)35-22-24(3)4)20-25-10-8-7-9-11-25/h7-14,16-18,21,24,29H,5-6,15,19-20,22-23H2,1-4H3,(H,35,38)/t29-/m0/s1. The molecule has 0 aliphatic rings. The molecule has 3 rings (SSSR count). The minimum Gasteiger partial charge on any atom is -0.490 e. The van der Waals surface area contributed by atoms with Gasteiger partial charge >= 0.3 is 0 Å². The van der Waals surface area contributed by atoms with Crippen LogP contribution in [0, 0.1) is 5.92 Å². The van der Waals surface area contributed by atoms with Gasteiger partial charge in [-0.15, -0.1) is 0 Å². The molecule has 0 saturated carbocycles. The molecule has 1 N–H and O–H groups in total. The van der Waals surface area contributed by atoms with Gasteiger partial charge in [0.15, 0.2) is 11.5 Å². The number of carbonyl (C=O) groups is 2. The van der Waals surface area contributed by atoms with E-state index in [0.29, 0.717) is 61.6 Å². The number of halogens is 1. The average Bonchev–Trinajstić information content (AvgIpc) is 2.95. The summed E-state index contributed by atoms with van der Waals surface area (Å²) in [6.45, 7) is 9.87. The fourth-order valence-corrected chi connectivity index (χ4v) is 4.53. The number of hydrogen-bond acceptors (Lipinski definition) is 4. The summed E-state index contributed by atoms with van der Waals surface area (Å²) in [6, 6.07) is 22.3. The third-order valence-corrected chi connectivity index (χ3v) is 6.71. The lowest BCUT2D eigenvalue weighted by molar-refractivity contribution is -0.141. The molecule has 3 aromatic carbocycles. The van der Waals surface area contributed by atoms with Crippen molar-refractivity contribution in [2.45, 2.75) is 59.5 Å². The van der Waals surface area contributed by atoms with Gasteiger partial charge in [-0.05, 0) is 67.1 Å². The molecule has 0 fully saturated rings. The zero-order chi connectivity index (χ0) is 28.9.